The fourth-order valence-electron chi connectivity index (χ4n) is 3.27. The molecule has 0 bridgehead atoms. The van der Waals surface area contributed by atoms with E-state index in [-0.39, 0.29) is 0 Å². The fraction of sp³-hybridized carbons (Fsp3) is 0.263. The molecular weight excluding hydrogens is 334 g/mol. The van der Waals surface area contributed by atoms with Crippen molar-refractivity contribution >= 4 is 28.3 Å². The average Bonchev–Trinajstić information content (AvgIpc) is 3.08. The normalized spacial score (nSPS) is 15.5. The van der Waals surface area contributed by atoms with Crippen LogP contribution < -0.4 is 4.90 Å². The van der Waals surface area contributed by atoms with E-state index in [2.05, 4.69) is 32.9 Å². The molecule has 4 rings (SSSR count). The van der Waals surface area contributed by atoms with Crippen LogP contribution in [0.5, 0.6) is 0 Å². The van der Waals surface area contributed by atoms with Crippen molar-refractivity contribution in [3.63, 3.8) is 0 Å². The smallest absolute Gasteiger partial charge is 0.139 e. The Bertz CT molecular complexity index is 964. The Morgan fingerprint density at radius 3 is 2.68 bits per heavy atom. The number of fused-ring (bicyclic) bond motifs is 1. The van der Waals surface area contributed by atoms with E-state index in [0.29, 0.717) is 10.6 Å². The summed E-state index contributed by atoms with van der Waals surface area (Å²) in [6, 6.07) is 12.1. The molecule has 1 aliphatic rings. The van der Waals surface area contributed by atoms with Crippen molar-refractivity contribution < 1.29 is 0 Å². The van der Waals surface area contributed by atoms with Crippen LogP contribution in [0.2, 0.25) is 5.02 Å². The van der Waals surface area contributed by atoms with Gasteiger partial charge in [0.25, 0.3) is 0 Å². The molecular formula is C19H18ClN5. The zero-order chi connectivity index (χ0) is 17.4. The molecule has 126 valence electrons. The molecule has 0 unspecified atom stereocenters. The summed E-state index contributed by atoms with van der Waals surface area (Å²) in [5.74, 6) is 0. The third-order valence-electron chi connectivity index (χ3n) is 4.75. The number of rotatable bonds is 2. The van der Waals surface area contributed by atoms with E-state index in [0.717, 1.165) is 54.2 Å². The van der Waals surface area contributed by atoms with Crippen LogP contribution in [0, 0.1) is 11.3 Å². The first-order valence-electron chi connectivity index (χ1n) is 8.27. The van der Waals surface area contributed by atoms with Gasteiger partial charge in [-0.25, -0.2) is 4.98 Å². The predicted octanol–water partition coefficient (Wildman–Crippen LogP) is 3.51. The van der Waals surface area contributed by atoms with Crippen LogP contribution in [-0.4, -0.2) is 48.1 Å². The molecule has 25 heavy (non-hydrogen) atoms. The second kappa shape index (κ2) is 6.40. The molecule has 3 aromatic rings. The van der Waals surface area contributed by atoms with E-state index in [1.807, 2.05) is 24.3 Å². The highest BCUT2D eigenvalue weighted by Gasteiger charge is 2.18. The summed E-state index contributed by atoms with van der Waals surface area (Å²) in [5.41, 5.74) is 4.33. The molecule has 0 radical (unpaired) electrons. The lowest BCUT2D eigenvalue weighted by molar-refractivity contribution is 0.313. The molecule has 1 aromatic carbocycles. The summed E-state index contributed by atoms with van der Waals surface area (Å²) in [6.45, 7) is 3.91. The van der Waals surface area contributed by atoms with E-state index >= 15 is 0 Å². The fourth-order valence-corrected chi connectivity index (χ4v) is 3.47. The summed E-state index contributed by atoms with van der Waals surface area (Å²) in [7, 11) is 2.13. The molecule has 0 saturated carbocycles. The number of benzene rings is 1. The highest BCUT2D eigenvalue weighted by molar-refractivity contribution is 6.35. The summed E-state index contributed by atoms with van der Waals surface area (Å²) < 4.78 is 0. The van der Waals surface area contributed by atoms with Gasteiger partial charge in [-0.05, 0) is 36.9 Å². The highest BCUT2D eigenvalue weighted by atomic mass is 35.5. The zero-order valence-corrected chi connectivity index (χ0v) is 14.7. The van der Waals surface area contributed by atoms with Crippen LogP contribution in [0.3, 0.4) is 0 Å². The van der Waals surface area contributed by atoms with Crippen LogP contribution >= 0.6 is 11.6 Å². The molecule has 0 amide bonds. The van der Waals surface area contributed by atoms with Crippen molar-refractivity contribution in [2.45, 2.75) is 0 Å². The first-order chi connectivity index (χ1) is 12.2. The second-order valence-corrected chi connectivity index (χ2v) is 6.78. The van der Waals surface area contributed by atoms with Gasteiger partial charge in [0.2, 0.25) is 0 Å². The number of nitriles is 1. The van der Waals surface area contributed by atoms with Gasteiger partial charge in [0.1, 0.15) is 11.7 Å². The lowest BCUT2D eigenvalue weighted by Crippen LogP contribution is -2.44. The Morgan fingerprint density at radius 1 is 1.16 bits per heavy atom. The van der Waals surface area contributed by atoms with Crippen LogP contribution in [0.1, 0.15) is 5.56 Å². The lowest BCUT2D eigenvalue weighted by Gasteiger charge is -2.34. The van der Waals surface area contributed by atoms with Crippen molar-refractivity contribution in [3.05, 3.63) is 47.1 Å². The minimum Gasteiger partial charge on any atom is -0.368 e. The van der Waals surface area contributed by atoms with Crippen LogP contribution in [0.15, 0.2) is 36.5 Å². The van der Waals surface area contributed by atoms with E-state index in [1.165, 1.54) is 0 Å². The number of aromatic nitrogens is 2. The summed E-state index contributed by atoms with van der Waals surface area (Å²) in [6.07, 6.45) is 1.68. The first-order valence-corrected chi connectivity index (χ1v) is 8.65. The number of H-pyrrole nitrogens is 1. The largest absolute Gasteiger partial charge is 0.368 e. The van der Waals surface area contributed by atoms with Gasteiger partial charge in [-0.2, -0.15) is 5.26 Å². The van der Waals surface area contributed by atoms with Gasteiger partial charge in [-0.1, -0.05) is 17.7 Å². The molecule has 0 atom stereocenters. The van der Waals surface area contributed by atoms with Gasteiger partial charge in [0, 0.05) is 43.5 Å². The summed E-state index contributed by atoms with van der Waals surface area (Å²) in [4.78, 5) is 12.2. The number of piperazine rings is 1. The van der Waals surface area contributed by atoms with Crippen molar-refractivity contribution in [3.8, 4) is 17.3 Å². The van der Waals surface area contributed by atoms with Gasteiger partial charge in [0.15, 0.2) is 0 Å². The number of nitrogens with zero attached hydrogens (tertiary/aromatic N) is 4. The number of pyridine rings is 1. The summed E-state index contributed by atoms with van der Waals surface area (Å²) >= 11 is 6.23. The Labute approximate surface area is 151 Å². The van der Waals surface area contributed by atoms with Gasteiger partial charge in [-0.3, -0.25) is 0 Å². The standard InChI is InChI=1S/C19H18ClN5/c1-24-6-8-25(9-7-24)18-3-2-13(10-14(18)12-21)17-11-15-16(20)4-5-22-19(15)23-17/h2-5,10-11H,6-9H2,1H3,(H,22,23). The van der Waals surface area contributed by atoms with Crippen LogP contribution in [-0.2, 0) is 0 Å². The van der Waals surface area contributed by atoms with E-state index in [9.17, 15) is 5.26 Å². The number of hydrogen-bond donors (Lipinski definition) is 1. The van der Waals surface area contributed by atoms with Crippen molar-refractivity contribution in [1.29, 1.82) is 5.26 Å². The van der Waals surface area contributed by atoms with E-state index in [4.69, 9.17) is 11.6 Å². The van der Waals surface area contributed by atoms with Gasteiger partial charge in [-0.15, -0.1) is 0 Å². The first kappa shape index (κ1) is 15.9. The average molecular weight is 352 g/mol. The molecule has 1 N–H and O–H groups in total. The predicted molar refractivity (Wildman–Crippen MR) is 101 cm³/mol. The number of aromatic amines is 1. The number of nitrogens with one attached hydrogen (secondary N) is 1. The highest BCUT2D eigenvalue weighted by Crippen LogP contribution is 2.31. The Morgan fingerprint density at radius 2 is 1.96 bits per heavy atom. The molecule has 1 fully saturated rings. The quantitative estimate of drug-likeness (QED) is 0.767. The van der Waals surface area contributed by atoms with E-state index in [1.54, 1.807) is 12.3 Å². The minimum atomic E-state index is 0.669. The third-order valence-corrected chi connectivity index (χ3v) is 5.08. The lowest BCUT2D eigenvalue weighted by atomic mass is 10.1. The molecule has 0 aliphatic carbocycles. The second-order valence-electron chi connectivity index (χ2n) is 6.37. The maximum Gasteiger partial charge on any atom is 0.139 e. The number of halogens is 1. The molecule has 3 heterocycles. The monoisotopic (exact) mass is 351 g/mol. The minimum absolute atomic E-state index is 0.669. The van der Waals surface area contributed by atoms with Gasteiger partial charge >= 0.3 is 0 Å². The van der Waals surface area contributed by atoms with Crippen LogP contribution in [0.4, 0.5) is 5.69 Å². The van der Waals surface area contributed by atoms with Gasteiger partial charge < -0.3 is 14.8 Å². The van der Waals surface area contributed by atoms with E-state index < -0.39 is 0 Å². The number of likely N-dealkylation sites (N-methyl/N-ethyl adjacent to an activating group) is 1. The number of anilines is 1. The maximum atomic E-state index is 9.63. The summed E-state index contributed by atoms with van der Waals surface area (Å²) in [5, 5.41) is 11.2. The molecule has 1 aliphatic heterocycles. The SMILES string of the molecule is CN1CCN(c2ccc(-c3cc4c(Cl)ccnc4[nH]3)cc2C#N)CC1. The Kier molecular flexibility index (Phi) is 4.08. The van der Waals surface area contributed by atoms with Crippen molar-refractivity contribution in [2.75, 3.05) is 38.1 Å². The Balaban J connectivity index is 1.71. The van der Waals surface area contributed by atoms with Gasteiger partial charge in [0.05, 0.1) is 16.3 Å². The molecule has 1 saturated heterocycles. The topological polar surface area (TPSA) is 58.9 Å². The maximum absolute atomic E-state index is 9.63. The van der Waals surface area contributed by atoms with Crippen molar-refractivity contribution in [2.24, 2.45) is 0 Å². The molecule has 6 heteroatoms. The number of hydrogen-bond acceptors (Lipinski definition) is 4. The van der Waals surface area contributed by atoms with Crippen molar-refractivity contribution in [1.82, 2.24) is 14.9 Å². The molecule has 5 nitrogen and oxygen atoms in total. The molecule has 0 spiro atoms. The Hall–Kier alpha value is -2.55. The van der Waals surface area contributed by atoms with Crippen LogP contribution in [0.25, 0.3) is 22.3 Å². The third kappa shape index (κ3) is 2.95. The zero-order valence-electron chi connectivity index (χ0n) is 14.0. The molecule has 2 aromatic heterocycles.